The molecule has 0 bridgehead atoms. The number of carbonyl (C=O) groups is 1. The molecule has 2 aliphatic heterocycles. The van der Waals surface area contributed by atoms with Crippen molar-refractivity contribution in [2.24, 2.45) is 0 Å². The van der Waals surface area contributed by atoms with Gasteiger partial charge < -0.3 is 24.3 Å². The minimum absolute atomic E-state index is 0.00590. The van der Waals surface area contributed by atoms with Gasteiger partial charge in [-0.15, -0.1) is 0 Å². The molecule has 194 valence electrons. The number of anilines is 2. The summed E-state index contributed by atoms with van der Waals surface area (Å²) in [6.45, 7) is 8.40. The Morgan fingerprint density at radius 1 is 1.03 bits per heavy atom. The molecule has 0 N–H and O–H groups in total. The van der Waals surface area contributed by atoms with Gasteiger partial charge in [0.25, 0.3) is 11.6 Å². The van der Waals surface area contributed by atoms with Gasteiger partial charge in [0, 0.05) is 51.9 Å². The first-order valence-corrected chi connectivity index (χ1v) is 12.2. The Morgan fingerprint density at radius 2 is 1.72 bits per heavy atom. The number of halogens is 2. The SMILES string of the molecule is CCN1CCN(c2cc(N3CCN(C(=O)COc4ccccc4F)C(C)C3)c([N+](=O)[O-])cc2F)CC1. The van der Waals surface area contributed by atoms with Crippen LogP contribution in [0.25, 0.3) is 0 Å². The molecule has 0 aromatic heterocycles. The second-order valence-electron chi connectivity index (χ2n) is 9.07. The first-order valence-electron chi connectivity index (χ1n) is 12.2. The summed E-state index contributed by atoms with van der Waals surface area (Å²) in [5, 5.41) is 11.8. The fourth-order valence-electron chi connectivity index (χ4n) is 4.82. The van der Waals surface area contributed by atoms with E-state index >= 15 is 0 Å². The van der Waals surface area contributed by atoms with E-state index in [2.05, 4.69) is 11.8 Å². The Hall–Kier alpha value is -3.47. The number of carbonyl (C=O) groups excluding carboxylic acids is 1. The van der Waals surface area contributed by atoms with Crippen LogP contribution in [0, 0.1) is 21.7 Å². The van der Waals surface area contributed by atoms with Crippen LogP contribution < -0.4 is 14.5 Å². The van der Waals surface area contributed by atoms with Gasteiger partial charge in [-0.1, -0.05) is 19.1 Å². The van der Waals surface area contributed by atoms with Gasteiger partial charge in [0.05, 0.1) is 16.7 Å². The molecule has 4 rings (SSSR count). The van der Waals surface area contributed by atoms with Crippen LogP contribution in [0.3, 0.4) is 0 Å². The number of likely N-dealkylation sites (N-methyl/N-ethyl adjacent to an activating group) is 1. The Morgan fingerprint density at radius 3 is 2.36 bits per heavy atom. The molecule has 2 aliphatic rings. The van der Waals surface area contributed by atoms with Crippen LogP contribution in [-0.4, -0.2) is 85.6 Å². The van der Waals surface area contributed by atoms with Gasteiger partial charge in [-0.3, -0.25) is 14.9 Å². The second kappa shape index (κ2) is 11.1. The molecule has 2 aromatic carbocycles. The second-order valence-corrected chi connectivity index (χ2v) is 9.07. The highest BCUT2D eigenvalue weighted by atomic mass is 19.1. The van der Waals surface area contributed by atoms with E-state index in [9.17, 15) is 23.7 Å². The molecule has 9 nitrogen and oxygen atoms in total. The molecule has 0 saturated carbocycles. The zero-order valence-corrected chi connectivity index (χ0v) is 20.5. The zero-order valence-electron chi connectivity index (χ0n) is 20.5. The van der Waals surface area contributed by atoms with E-state index < -0.39 is 16.6 Å². The summed E-state index contributed by atoms with van der Waals surface area (Å²) in [6.07, 6.45) is 0. The van der Waals surface area contributed by atoms with Crippen molar-refractivity contribution in [2.75, 3.05) is 68.8 Å². The summed E-state index contributed by atoms with van der Waals surface area (Å²) in [7, 11) is 0. The van der Waals surface area contributed by atoms with Gasteiger partial charge in [0.2, 0.25) is 0 Å². The van der Waals surface area contributed by atoms with Crippen LogP contribution in [0.5, 0.6) is 5.75 Å². The molecule has 0 aliphatic carbocycles. The number of hydrogen-bond donors (Lipinski definition) is 0. The summed E-state index contributed by atoms with van der Waals surface area (Å²) in [5.74, 6) is -1.44. The number of nitro groups is 1. The average molecular weight is 504 g/mol. The summed E-state index contributed by atoms with van der Waals surface area (Å²) >= 11 is 0. The quantitative estimate of drug-likeness (QED) is 0.424. The fraction of sp³-hybridized carbons (Fsp3) is 0.480. The van der Waals surface area contributed by atoms with Gasteiger partial charge in [0.15, 0.2) is 24.0 Å². The number of nitrogens with zero attached hydrogens (tertiary/aromatic N) is 5. The Kier molecular flexibility index (Phi) is 7.88. The molecular formula is C25H31F2N5O4. The first kappa shape index (κ1) is 25.6. The molecule has 1 unspecified atom stereocenters. The van der Waals surface area contributed by atoms with Gasteiger partial charge >= 0.3 is 0 Å². The maximum atomic E-state index is 14.9. The third-order valence-electron chi connectivity index (χ3n) is 6.88. The molecular weight excluding hydrogens is 472 g/mol. The normalized spacial score (nSPS) is 18.9. The van der Waals surface area contributed by atoms with Crippen LogP contribution in [0.2, 0.25) is 0 Å². The molecule has 0 radical (unpaired) electrons. The summed E-state index contributed by atoms with van der Waals surface area (Å²) in [4.78, 5) is 31.6. The third-order valence-corrected chi connectivity index (χ3v) is 6.88. The molecule has 1 amide bonds. The lowest BCUT2D eigenvalue weighted by atomic mass is 10.1. The monoisotopic (exact) mass is 503 g/mol. The van der Waals surface area contributed by atoms with Crippen LogP contribution in [-0.2, 0) is 4.79 Å². The first-order chi connectivity index (χ1) is 17.3. The Bertz CT molecular complexity index is 1110. The van der Waals surface area contributed by atoms with Crippen LogP contribution >= 0.6 is 0 Å². The van der Waals surface area contributed by atoms with Gasteiger partial charge in [0.1, 0.15) is 5.69 Å². The van der Waals surface area contributed by atoms with E-state index in [0.717, 1.165) is 25.7 Å². The van der Waals surface area contributed by atoms with Crippen molar-refractivity contribution in [3.8, 4) is 5.75 Å². The third kappa shape index (κ3) is 5.51. The summed E-state index contributed by atoms with van der Waals surface area (Å²) in [6, 6.07) is 8.17. The van der Waals surface area contributed by atoms with Crippen molar-refractivity contribution in [3.05, 3.63) is 58.1 Å². The van der Waals surface area contributed by atoms with E-state index in [1.807, 2.05) is 16.7 Å². The molecule has 2 fully saturated rings. The van der Waals surface area contributed by atoms with Crippen molar-refractivity contribution in [1.82, 2.24) is 9.80 Å². The maximum absolute atomic E-state index is 14.9. The van der Waals surface area contributed by atoms with Gasteiger partial charge in [-0.2, -0.15) is 0 Å². The minimum atomic E-state index is -0.609. The van der Waals surface area contributed by atoms with E-state index in [1.165, 1.54) is 18.2 Å². The molecule has 2 heterocycles. The van der Waals surface area contributed by atoms with Crippen molar-refractivity contribution >= 4 is 23.0 Å². The number of ether oxygens (including phenoxy) is 1. The number of hydrogen-bond acceptors (Lipinski definition) is 7. The Labute approximate surface area is 209 Å². The largest absolute Gasteiger partial charge is 0.481 e. The van der Waals surface area contributed by atoms with Crippen LogP contribution in [0.4, 0.5) is 25.8 Å². The predicted octanol–water partition coefficient (Wildman–Crippen LogP) is 3.13. The van der Waals surface area contributed by atoms with E-state index in [-0.39, 0.29) is 30.0 Å². The number of piperazine rings is 2. The van der Waals surface area contributed by atoms with Crippen molar-refractivity contribution in [2.45, 2.75) is 19.9 Å². The highest BCUT2D eigenvalue weighted by Crippen LogP contribution is 2.36. The van der Waals surface area contributed by atoms with E-state index in [0.29, 0.717) is 44.1 Å². The smallest absolute Gasteiger partial charge is 0.295 e. The number of para-hydroxylation sites is 1. The topological polar surface area (TPSA) is 82.4 Å². The summed E-state index contributed by atoms with van der Waals surface area (Å²) < 4.78 is 34.1. The predicted molar refractivity (Wildman–Crippen MR) is 133 cm³/mol. The lowest BCUT2D eigenvalue weighted by molar-refractivity contribution is -0.384. The van der Waals surface area contributed by atoms with Gasteiger partial charge in [-0.25, -0.2) is 8.78 Å². The van der Waals surface area contributed by atoms with Crippen molar-refractivity contribution in [1.29, 1.82) is 0 Å². The molecule has 2 aromatic rings. The maximum Gasteiger partial charge on any atom is 0.295 e. The molecule has 36 heavy (non-hydrogen) atoms. The molecule has 2 saturated heterocycles. The lowest BCUT2D eigenvalue weighted by Gasteiger charge is -2.41. The minimum Gasteiger partial charge on any atom is -0.481 e. The average Bonchev–Trinajstić information content (AvgIpc) is 2.88. The van der Waals surface area contributed by atoms with Crippen molar-refractivity contribution in [3.63, 3.8) is 0 Å². The summed E-state index contributed by atoms with van der Waals surface area (Å²) in [5.41, 5.74) is 0.407. The molecule has 11 heteroatoms. The fourth-order valence-corrected chi connectivity index (χ4v) is 4.82. The molecule has 0 spiro atoms. The highest BCUT2D eigenvalue weighted by Gasteiger charge is 2.32. The van der Waals surface area contributed by atoms with Crippen LogP contribution in [0.15, 0.2) is 36.4 Å². The van der Waals surface area contributed by atoms with Crippen molar-refractivity contribution < 1.29 is 23.2 Å². The van der Waals surface area contributed by atoms with E-state index in [1.54, 1.807) is 17.0 Å². The highest BCUT2D eigenvalue weighted by molar-refractivity contribution is 5.79. The molecule has 1 atom stereocenters. The number of rotatable bonds is 7. The van der Waals surface area contributed by atoms with Crippen LogP contribution in [0.1, 0.15) is 13.8 Å². The number of amides is 1. The standard InChI is InChI=1S/C25H31F2N5O4/c1-3-28-8-10-29(11-9-28)21-15-22(23(32(34)35)14-20(21)27)30-12-13-31(18(2)16-30)25(33)17-36-24-7-5-4-6-19(24)26/h4-7,14-15,18H,3,8-13,16-17H2,1-2H3. The zero-order chi connectivity index (χ0) is 25.8. The number of benzene rings is 2. The van der Waals surface area contributed by atoms with Gasteiger partial charge in [-0.05, 0) is 31.7 Å². The van der Waals surface area contributed by atoms with E-state index in [4.69, 9.17) is 4.74 Å². The number of nitro benzene ring substituents is 1. The Balaban J connectivity index is 1.47. The lowest BCUT2D eigenvalue weighted by Crippen LogP contribution is -2.55.